The number of methoxy groups -OCH3 is 1. The lowest BCUT2D eigenvalue weighted by molar-refractivity contribution is 0.0760. The van der Waals surface area contributed by atoms with E-state index in [1.807, 2.05) is 19.9 Å². The average molecular weight is 366 g/mol. The molecule has 0 bridgehead atoms. The minimum Gasteiger partial charge on any atom is -0.497 e. The fraction of sp³-hybridized carbons (Fsp3) is 0.250. The number of imidazole rings is 1. The quantitative estimate of drug-likeness (QED) is 0.727. The topological polar surface area (TPSA) is 75.9 Å². The Balaban J connectivity index is 1.96. The van der Waals surface area contributed by atoms with Crippen molar-refractivity contribution in [2.75, 3.05) is 25.5 Å². The zero-order valence-corrected chi connectivity index (χ0v) is 15.6. The number of amides is 2. The fourth-order valence-corrected chi connectivity index (χ4v) is 2.87. The van der Waals surface area contributed by atoms with E-state index in [0.717, 1.165) is 0 Å². The second-order valence-electron chi connectivity index (χ2n) is 5.90. The van der Waals surface area contributed by atoms with Crippen molar-refractivity contribution in [2.45, 2.75) is 13.8 Å². The van der Waals surface area contributed by atoms with Crippen LogP contribution in [0.2, 0.25) is 0 Å². The molecule has 0 aliphatic rings. The van der Waals surface area contributed by atoms with Crippen LogP contribution < -0.4 is 10.1 Å². The van der Waals surface area contributed by atoms with Crippen LogP contribution in [0.1, 0.15) is 35.0 Å². The summed E-state index contributed by atoms with van der Waals surface area (Å²) in [6.45, 7) is 4.97. The molecule has 2 heterocycles. The van der Waals surface area contributed by atoms with Crippen LogP contribution in [0.5, 0.6) is 5.75 Å². The van der Waals surface area contributed by atoms with E-state index in [-0.39, 0.29) is 23.3 Å². The van der Waals surface area contributed by atoms with Crippen molar-refractivity contribution < 1.29 is 14.3 Å². The Morgan fingerprint density at radius 3 is 2.44 bits per heavy atom. The normalized spacial score (nSPS) is 10.6. The maximum Gasteiger partial charge on any atom is 0.290 e. The number of rotatable bonds is 6. The number of hydrogen-bond acceptors (Lipinski definition) is 4. The highest BCUT2D eigenvalue weighted by molar-refractivity contribution is 6.08. The predicted octanol–water partition coefficient (Wildman–Crippen LogP) is 3.08. The number of benzene rings is 1. The number of carbonyl (C=O) groups is 2. The van der Waals surface area contributed by atoms with Crippen LogP contribution in [0.4, 0.5) is 5.69 Å². The molecule has 2 amide bonds. The third-order valence-corrected chi connectivity index (χ3v) is 4.35. The van der Waals surface area contributed by atoms with E-state index >= 15 is 0 Å². The summed E-state index contributed by atoms with van der Waals surface area (Å²) in [5.74, 6) is 0.355. The van der Waals surface area contributed by atoms with E-state index in [2.05, 4.69) is 10.3 Å². The SMILES string of the molecule is CCN(CC)C(=O)c1nc(C(=O)Nc2ccc(OC)cc2)c2ccccn12. The summed E-state index contributed by atoms with van der Waals surface area (Å²) in [6, 6.07) is 12.4. The smallest absolute Gasteiger partial charge is 0.290 e. The highest BCUT2D eigenvalue weighted by Gasteiger charge is 2.24. The largest absolute Gasteiger partial charge is 0.497 e. The molecular formula is C20H22N4O3. The van der Waals surface area contributed by atoms with E-state index in [4.69, 9.17) is 4.74 Å². The Bertz CT molecular complexity index is 959. The van der Waals surface area contributed by atoms with Gasteiger partial charge in [0, 0.05) is 25.0 Å². The van der Waals surface area contributed by atoms with Crippen LogP contribution in [0, 0.1) is 0 Å². The van der Waals surface area contributed by atoms with Gasteiger partial charge in [0.05, 0.1) is 12.6 Å². The molecule has 0 saturated heterocycles. The van der Waals surface area contributed by atoms with Gasteiger partial charge in [0.25, 0.3) is 11.8 Å². The average Bonchev–Trinajstić information content (AvgIpc) is 3.09. The molecule has 0 unspecified atom stereocenters. The Hall–Kier alpha value is -3.35. The zero-order valence-electron chi connectivity index (χ0n) is 15.6. The first kappa shape index (κ1) is 18.4. The number of pyridine rings is 1. The number of nitrogens with zero attached hydrogens (tertiary/aromatic N) is 3. The molecule has 7 heteroatoms. The molecule has 7 nitrogen and oxygen atoms in total. The summed E-state index contributed by atoms with van der Waals surface area (Å²) in [4.78, 5) is 31.6. The molecule has 0 atom stereocenters. The lowest BCUT2D eigenvalue weighted by atomic mass is 10.2. The van der Waals surface area contributed by atoms with Gasteiger partial charge in [0.1, 0.15) is 5.75 Å². The molecule has 0 radical (unpaired) electrons. The highest BCUT2D eigenvalue weighted by Crippen LogP contribution is 2.19. The second-order valence-corrected chi connectivity index (χ2v) is 5.90. The maximum absolute atomic E-state index is 12.8. The van der Waals surface area contributed by atoms with Gasteiger partial charge >= 0.3 is 0 Å². The lowest BCUT2D eigenvalue weighted by Gasteiger charge is -2.17. The molecule has 0 spiro atoms. The maximum atomic E-state index is 12.8. The minimum absolute atomic E-state index is 0.204. The molecule has 27 heavy (non-hydrogen) atoms. The number of anilines is 1. The van der Waals surface area contributed by atoms with Crippen molar-refractivity contribution >= 4 is 23.0 Å². The molecule has 3 aromatic rings. The van der Waals surface area contributed by atoms with Gasteiger partial charge in [-0.2, -0.15) is 0 Å². The van der Waals surface area contributed by atoms with Gasteiger partial charge in [-0.3, -0.25) is 14.0 Å². The number of fused-ring (bicyclic) bond motifs is 1. The molecule has 2 aromatic heterocycles. The molecule has 3 rings (SSSR count). The van der Waals surface area contributed by atoms with Gasteiger partial charge in [-0.1, -0.05) is 6.07 Å². The van der Waals surface area contributed by atoms with E-state index in [1.165, 1.54) is 0 Å². The Morgan fingerprint density at radius 2 is 1.81 bits per heavy atom. The van der Waals surface area contributed by atoms with Gasteiger partial charge in [0.2, 0.25) is 5.82 Å². The Kier molecular flexibility index (Phi) is 5.40. The number of aromatic nitrogens is 2. The van der Waals surface area contributed by atoms with Crippen molar-refractivity contribution in [3.05, 3.63) is 60.2 Å². The Labute approximate surface area is 157 Å². The molecule has 0 aliphatic carbocycles. The molecule has 1 aromatic carbocycles. The molecule has 0 saturated carbocycles. The monoisotopic (exact) mass is 366 g/mol. The van der Waals surface area contributed by atoms with Crippen LogP contribution in [-0.2, 0) is 0 Å². The lowest BCUT2D eigenvalue weighted by Crippen LogP contribution is -2.32. The number of carbonyl (C=O) groups excluding carboxylic acids is 2. The molecule has 0 fully saturated rings. The molecule has 0 aliphatic heterocycles. The first-order valence-electron chi connectivity index (χ1n) is 8.80. The number of ether oxygens (including phenoxy) is 1. The first-order valence-corrected chi connectivity index (χ1v) is 8.80. The van der Waals surface area contributed by atoms with E-state index in [0.29, 0.717) is 30.0 Å². The summed E-state index contributed by atoms with van der Waals surface area (Å²) in [6.07, 6.45) is 1.74. The van der Waals surface area contributed by atoms with E-state index in [9.17, 15) is 9.59 Å². The van der Waals surface area contributed by atoms with Crippen molar-refractivity contribution in [2.24, 2.45) is 0 Å². The summed E-state index contributed by atoms with van der Waals surface area (Å²) >= 11 is 0. The number of hydrogen-bond donors (Lipinski definition) is 1. The molecule has 1 N–H and O–H groups in total. The van der Waals surface area contributed by atoms with Gasteiger partial charge in [0.15, 0.2) is 5.69 Å². The van der Waals surface area contributed by atoms with Gasteiger partial charge in [-0.15, -0.1) is 0 Å². The fourth-order valence-electron chi connectivity index (χ4n) is 2.87. The van der Waals surface area contributed by atoms with Crippen LogP contribution >= 0.6 is 0 Å². The van der Waals surface area contributed by atoms with Crippen molar-refractivity contribution in [1.29, 1.82) is 0 Å². The third kappa shape index (κ3) is 3.62. The minimum atomic E-state index is -0.373. The van der Waals surface area contributed by atoms with Crippen molar-refractivity contribution in [1.82, 2.24) is 14.3 Å². The zero-order chi connectivity index (χ0) is 19.4. The van der Waals surface area contributed by atoms with E-state index < -0.39 is 0 Å². The summed E-state index contributed by atoms with van der Waals surface area (Å²) in [7, 11) is 1.58. The highest BCUT2D eigenvalue weighted by atomic mass is 16.5. The molecule has 140 valence electrons. The van der Waals surface area contributed by atoms with Gasteiger partial charge in [-0.25, -0.2) is 4.98 Å². The van der Waals surface area contributed by atoms with Crippen LogP contribution in [0.3, 0.4) is 0 Å². The van der Waals surface area contributed by atoms with Crippen LogP contribution in [0.15, 0.2) is 48.7 Å². The molecular weight excluding hydrogens is 344 g/mol. The van der Waals surface area contributed by atoms with Crippen LogP contribution in [-0.4, -0.2) is 46.3 Å². The van der Waals surface area contributed by atoms with Crippen molar-refractivity contribution in [3.63, 3.8) is 0 Å². The summed E-state index contributed by atoms with van der Waals surface area (Å²) in [5, 5.41) is 2.82. The van der Waals surface area contributed by atoms with Gasteiger partial charge in [-0.05, 0) is 50.2 Å². The summed E-state index contributed by atoms with van der Waals surface area (Å²) in [5.41, 5.74) is 1.41. The standard InChI is InChI=1S/C20H22N4O3/c1-4-23(5-2)20(26)18-22-17(16-8-6-7-13-24(16)18)19(25)21-14-9-11-15(27-3)12-10-14/h6-13H,4-5H2,1-3H3,(H,21,25). The first-order chi connectivity index (χ1) is 13.1. The Morgan fingerprint density at radius 1 is 1.11 bits per heavy atom. The summed E-state index contributed by atoms with van der Waals surface area (Å²) < 4.78 is 6.78. The van der Waals surface area contributed by atoms with E-state index in [1.54, 1.807) is 59.0 Å². The number of nitrogens with one attached hydrogen (secondary N) is 1. The third-order valence-electron chi connectivity index (χ3n) is 4.35. The van der Waals surface area contributed by atoms with Crippen LogP contribution in [0.25, 0.3) is 5.52 Å². The predicted molar refractivity (Wildman–Crippen MR) is 103 cm³/mol. The second kappa shape index (κ2) is 7.90. The van der Waals surface area contributed by atoms with Crippen molar-refractivity contribution in [3.8, 4) is 5.75 Å². The van der Waals surface area contributed by atoms with Gasteiger partial charge < -0.3 is 15.0 Å².